The van der Waals surface area contributed by atoms with Crippen LogP contribution in [0.5, 0.6) is 0 Å². The van der Waals surface area contributed by atoms with Gasteiger partial charge in [0.2, 0.25) is 6.54 Å². The Bertz CT molecular complexity index is 411. The first-order valence-corrected chi connectivity index (χ1v) is 6.28. The molecule has 2 rings (SSSR count). The molecule has 0 saturated carbocycles. The number of halogens is 1. The number of rotatable bonds is 4. The molecule has 0 fully saturated rings. The summed E-state index contributed by atoms with van der Waals surface area (Å²) >= 11 is 5.79. The Labute approximate surface area is 105 Å². The highest BCUT2D eigenvalue weighted by Gasteiger charge is 2.28. The molecule has 0 radical (unpaired) electrons. The summed E-state index contributed by atoms with van der Waals surface area (Å²) in [6.45, 7) is 0.655. The van der Waals surface area contributed by atoms with Crippen molar-refractivity contribution in [3.63, 3.8) is 0 Å². The molecule has 0 spiro atoms. The Morgan fingerprint density at radius 3 is 2.94 bits per heavy atom. The predicted octanol–water partition coefficient (Wildman–Crippen LogP) is 2.32. The van der Waals surface area contributed by atoms with Crippen LogP contribution in [0, 0.1) is 10.1 Å². The number of benzene rings is 1. The Kier molecular flexibility index (Phi) is 3.84. The topological polar surface area (TPSA) is 46.4 Å². The smallest absolute Gasteiger partial charge is 0.223 e. The number of nitro groups is 1. The number of para-hydroxylation sites is 1. The summed E-state index contributed by atoms with van der Waals surface area (Å²) in [5.41, 5.74) is 2.36. The van der Waals surface area contributed by atoms with Crippen molar-refractivity contribution in [1.29, 1.82) is 0 Å². The fourth-order valence-electron chi connectivity index (χ4n) is 2.43. The number of nitrogens with zero attached hydrogens (tertiary/aromatic N) is 2. The second-order valence-corrected chi connectivity index (χ2v) is 4.60. The lowest BCUT2D eigenvalue weighted by Gasteiger charge is -2.36. The normalized spacial score (nSPS) is 18.9. The molecule has 4 nitrogen and oxygen atoms in total. The first-order chi connectivity index (χ1) is 8.22. The third kappa shape index (κ3) is 2.69. The van der Waals surface area contributed by atoms with Crippen molar-refractivity contribution < 1.29 is 4.92 Å². The molecule has 1 aliphatic rings. The first kappa shape index (κ1) is 12.2. The summed E-state index contributed by atoms with van der Waals surface area (Å²) in [6.07, 6.45) is 1.74. The van der Waals surface area contributed by atoms with Crippen LogP contribution in [0.2, 0.25) is 0 Å². The van der Waals surface area contributed by atoms with Crippen LogP contribution in [0.1, 0.15) is 12.0 Å². The zero-order valence-corrected chi connectivity index (χ0v) is 10.3. The van der Waals surface area contributed by atoms with Crippen molar-refractivity contribution in [3.05, 3.63) is 39.9 Å². The molecule has 1 atom stereocenters. The highest BCUT2D eigenvalue weighted by Crippen LogP contribution is 2.30. The van der Waals surface area contributed by atoms with Gasteiger partial charge in [-0.2, -0.15) is 0 Å². The molecule has 1 aliphatic heterocycles. The number of hydrogen-bond donors (Lipinski definition) is 0. The molecular weight excluding hydrogens is 240 g/mol. The quantitative estimate of drug-likeness (QED) is 0.471. The number of hydrogen-bond acceptors (Lipinski definition) is 3. The van der Waals surface area contributed by atoms with Crippen molar-refractivity contribution in [1.82, 2.24) is 0 Å². The lowest BCUT2D eigenvalue weighted by Crippen LogP contribution is -2.44. The fourth-order valence-corrected chi connectivity index (χ4v) is 2.62. The lowest BCUT2D eigenvalue weighted by molar-refractivity contribution is -0.482. The van der Waals surface area contributed by atoms with Gasteiger partial charge in [0.05, 0.1) is 6.04 Å². The molecule has 17 heavy (non-hydrogen) atoms. The average molecular weight is 255 g/mol. The zero-order chi connectivity index (χ0) is 12.3. The van der Waals surface area contributed by atoms with Crippen LogP contribution in [-0.2, 0) is 6.42 Å². The molecule has 1 heterocycles. The summed E-state index contributed by atoms with van der Waals surface area (Å²) in [5.74, 6) is 0.489. The fraction of sp³-hybridized carbons (Fsp3) is 0.500. The summed E-state index contributed by atoms with van der Waals surface area (Å²) in [7, 11) is 0. The second-order valence-electron chi connectivity index (χ2n) is 4.22. The second kappa shape index (κ2) is 5.36. The van der Waals surface area contributed by atoms with Crippen molar-refractivity contribution in [3.8, 4) is 0 Å². The van der Waals surface area contributed by atoms with Crippen molar-refractivity contribution in [2.24, 2.45) is 0 Å². The zero-order valence-electron chi connectivity index (χ0n) is 9.51. The maximum absolute atomic E-state index is 10.7. The minimum absolute atomic E-state index is 0.00871. The maximum Gasteiger partial charge on any atom is 0.223 e. The monoisotopic (exact) mass is 254 g/mol. The van der Waals surface area contributed by atoms with Crippen LogP contribution < -0.4 is 4.90 Å². The molecule has 0 saturated heterocycles. The van der Waals surface area contributed by atoms with E-state index in [0.29, 0.717) is 12.4 Å². The molecular formula is C12H15ClN2O2. The van der Waals surface area contributed by atoms with Gasteiger partial charge >= 0.3 is 0 Å². The van der Waals surface area contributed by atoms with Crippen molar-refractivity contribution in [2.75, 3.05) is 23.9 Å². The van der Waals surface area contributed by atoms with Crippen LogP contribution in [-0.4, -0.2) is 29.9 Å². The van der Waals surface area contributed by atoms with E-state index in [2.05, 4.69) is 11.0 Å². The summed E-state index contributed by atoms with van der Waals surface area (Å²) < 4.78 is 0. The van der Waals surface area contributed by atoms with E-state index in [0.717, 1.165) is 18.5 Å². The number of alkyl halides is 1. The van der Waals surface area contributed by atoms with E-state index in [1.165, 1.54) is 5.56 Å². The lowest BCUT2D eigenvalue weighted by atomic mass is 9.96. The van der Waals surface area contributed by atoms with Crippen LogP contribution >= 0.6 is 11.6 Å². The molecule has 0 amide bonds. The number of fused-ring (bicyclic) bond motifs is 1. The molecule has 0 N–H and O–H groups in total. The van der Waals surface area contributed by atoms with Gasteiger partial charge in [0.15, 0.2) is 0 Å². The van der Waals surface area contributed by atoms with Gasteiger partial charge in [-0.15, -0.1) is 11.6 Å². The van der Waals surface area contributed by atoms with E-state index in [9.17, 15) is 10.1 Å². The van der Waals surface area contributed by atoms with Crippen LogP contribution in [0.25, 0.3) is 0 Å². The van der Waals surface area contributed by atoms with Gasteiger partial charge in [-0.1, -0.05) is 18.2 Å². The molecule has 0 aliphatic carbocycles. The van der Waals surface area contributed by atoms with E-state index in [-0.39, 0.29) is 17.5 Å². The van der Waals surface area contributed by atoms with Gasteiger partial charge in [0, 0.05) is 23.0 Å². The SMILES string of the molecule is O=[N+]([O-])CC1CCc2ccccc2N1CCCl. The van der Waals surface area contributed by atoms with Gasteiger partial charge in [-0.05, 0) is 24.5 Å². The van der Waals surface area contributed by atoms with E-state index >= 15 is 0 Å². The standard InChI is InChI=1S/C12H15ClN2O2/c13-7-8-14-11(9-15(16)17)6-5-10-3-1-2-4-12(10)14/h1-4,11H,5-9H2. The van der Waals surface area contributed by atoms with E-state index in [4.69, 9.17) is 11.6 Å². The molecule has 1 aromatic carbocycles. The number of aryl methyl sites for hydroxylation is 1. The Hall–Kier alpha value is -1.29. The van der Waals surface area contributed by atoms with Gasteiger partial charge in [-0.25, -0.2) is 0 Å². The van der Waals surface area contributed by atoms with Gasteiger partial charge < -0.3 is 4.90 Å². The number of anilines is 1. The highest BCUT2D eigenvalue weighted by atomic mass is 35.5. The third-order valence-electron chi connectivity index (χ3n) is 3.17. The molecule has 0 aromatic heterocycles. The molecule has 1 aromatic rings. The Morgan fingerprint density at radius 2 is 2.24 bits per heavy atom. The third-order valence-corrected chi connectivity index (χ3v) is 3.34. The Balaban J connectivity index is 2.25. The molecule has 0 bridgehead atoms. The van der Waals surface area contributed by atoms with E-state index < -0.39 is 0 Å². The van der Waals surface area contributed by atoms with Crippen LogP contribution in [0.3, 0.4) is 0 Å². The van der Waals surface area contributed by atoms with E-state index in [1.54, 1.807) is 0 Å². The van der Waals surface area contributed by atoms with Gasteiger partial charge in [-0.3, -0.25) is 10.1 Å². The van der Waals surface area contributed by atoms with Gasteiger partial charge in [0.1, 0.15) is 0 Å². The highest BCUT2D eigenvalue weighted by molar-refractivity contribution is 6.18. The van der Waals surface area contributed by atoms with E-state index in [1.807, 2.05) is 18.2 Å². The largest absolute Gasteiger partial charge is 0.361 e. The minimum Gasteiger partial charge on any atom is -0.361 e. The first-order valence-electron chi connectivity index (χ1n) is 5.74. The van der Waals surface area contributed by atoms with Crippen molar-refractivity contribution >= 4 is 17.3 Å². The average Bonchev–Trinajstić information content (AvgIpc) is 2.32. The summed E-state index contributed by atoms with van der Waals surface area (Å²) in [6, 6.07) is 8.05. The van der Waals surface area contributed by atoms with Gasteiger partial charge in [0.25, 0.3) is 0 Å². The molecule has 1 unspecified atom stereocenters. The minimum atomic E-state index is -0.236. The molecule has 92 valence electrons. The van der Waals surface area contributed by atoms with Crippen LogP contribution in [0.15, 0.2) is 24.3 Å². The summed E-state index contributed by atoms with van der Waals surface area (Å²) in [5, 5.41) is 10.7. The summed E-state index contributed by atoms with van der Waals surface area (Å²) in [4.78, 5) is 12.5. The maximum atomic E-state index is 10.7. The molecule has 5 heteroatoms. The van der Waals surface area contributed by atoms with Crippen molar-refractivity contribution in [2.45, 2.75) is 18.9 Å². The predicted molar refractivity (Wildman–Crippen MR) is 68.5 cm³/mol. The Morgan fingerprint density at radius 1 is 1.47 bits per heavy atom. The van der Waals surface area contributed by atoms with Crippen LogP contribution in [0.4, 0.5) is 5.69 Å².